The van der Waals surface area contributed by atoms with Crippen LogP contribution in [0.15, 0.2) is 24.5 Å². The van der Waals surface area contributed by atoms with E-state index in [-0.39, 0.29) is 12.6 Å². The minimum absolute atomic E-state index is 0.0976. The Balaban J connectivity index is 3.02. The summed E-state index contributed by atoms with van der Waals surface area (Å²) >= 11 is 0. The van der Waals surface area contributed by atoms with Crippen LogP contribution in [0.25, 0.3) is 0 Å². The first-order valence-electron chi connectivity index (χ1n) is 5.57. The smallest absolute Gasteiger partial charge is 0.328 e. The Morgan fingerprint density at radius 1 is 1.65 bits per heavy atom. The summed E-state index contributed by atoms with van der Waals surface area (Å²) < 4.78 is 0. The minimum Gasteiger partial charge on any atom is -0.480 e. The molecule has 5 nitrogen and oxygen atoms in total. The van der Waals surface area contributed by atoms with Crippen molar-refractivity contribution in [3.05, 3.63) is 30.1 Å². The summed E-state index contributed by atoms with van der Waals surface area (Å²) in [7, 11) is 0. The summed E-state index contributed by atoms with van der Waals surface area (Å²) in [5.74, 6) is -0.989. The van der Waals surface area contributed by atoms with Crippen molar-refractivity contribution in [1.29, 1.82) is 0 Å². The zero-order valence-electron chi connectivity index (χ0n) is 10.1. The molecule has 3 N–H and O–H groups in total. The molecular weight excluding hydrogens is 220 g/mol. The van der Waals surface area contributed by atoms with Crippen LogP contribution in [0, 0.1) is 0 Å². The number of aliphatic carboxylic acids is 1. The number of pyridine rings is 1. The average Bonchev–Trinajstić information content (AvgIpc) is 2.36. The van der Waals surface area contributed by atoms with Gasteiger partial charge in [-0.05, 0) is 19.4 Å². The maximum atomic E-state index is 11.4. The highest BCUT2D eigenvalue weighted by Gasteiger charge is 2.36. The molecule has 0 fully saturated rings. The molecule has 0 aliphatic carbocycles. The van der Waals surface area contributed by atoms with Crippen molar-refractivity contribution in [2.45, 2.75) is 31.8 Å². The lowest BCUT2D eigenvalue weighted by Crippen LogP contribution is -2.52. The second kappa shape index (κ2) is 5.75. The number of hydrogen-bond acceptors (Lipinski definition) is 4. The predicted octanol–water partition coefficient (Wildman–Crippen LogP) is 0.742. The Kier molecular flexibility index (Phi) is 4.60. The molecule has 1 aromatic rings. The number of rotatable bonds is 6. The summed E-state index contributed by atoms with van der Waals surface area (Å²) in [6, 6.07) is 3.15. The fourth-order valence-corrected chi connectivity index (χ4v) is 1.61. The Labute approximate surface area is 101 Å². The fraction of sp³-hybridized carbons (Fsp3) is 0.500. The van der Waals surface area contributed by atoms with Crippen LogP contribution in [0.2, 0.25) is 0 Å². The number of nitrogens with one attached hydrogen (secondary N) is 1. The molecule has 0 aromatic carbocycles. The molecule has 0 aliphatic rings. The van der Waals surface area contributed by atoms with Crippen molar-refractivity contribution in [3.8, 4) is 0 Å². The van der Waals surface area contributed by atoms with E-state index in [1.807, 2.05) is 6.92 Å². The predicted molar refractivity (Wildman–Crippen MR) is 63.5 cm³/mol. The van der Waals surface area contributed by atoms with Crippen LogP contribution in [-0.2, 0) is 10.3 Å². The molecule has 0 saturated heterocycles. The Morgan fingerprint density at radius 2 is 2.35 bits per heavy atom. The van der Waals surface area contributed by atoms with Crippen LogP contribution >= 0.6 is 0 Å². The van der Waals surface area contributed by atoms with E-state index in [4.69, 9.17) is 5.11 Å². The van der Waals surface area contributed by atoms with Gasteiger partial charge in [0.25, 0.3) is 0 Å². The van der Waals surface area contributed by atoms with E-state index >= 15 is 0 Å². The first-order valence-corrected chi connectivity index (χ1v) is 5.57. The van der Waals surface area contributed by atoms with Gasteiger partial charge in [-0.1, -0.05) is 13.0 Å². The Hall–Kier alpha value is -1.46. The number of carbonyl (C=O) groups is 1. The highest BCUT2D eigenvalue weighted by molar-refractivity contribution is 5.80. The fourth-order valence-electron chi connectivity index (χ4n) is 1.61. The number of carboxylic acid groups (broad SMARTS) is 1. The molecule has 0 spiro atoms. The third-order valence-corrected chi connectivity index (χ3v) is 2.87. The van der Waals surface area contributed by atoms with Crippen LogP contribution in [-0.4, -0.2) is 33.8 Å². The molecule has 1 aromatic heterocycles. The first-order chi connectivity index (χ1) is 8.04. The number of hydrogen-bond donors (Lipinski definition) is 3. The van der Waals surface area contributed by atoms with Crippen LogP contribution < -0.4 is 5.32 Å². The molecule has 17 heavy (non-hydrogen) atoms. The van der Waals surface area contributed by atoms with Crippen LogP contribution in [0.3, 0.4) is 0 Å². The number of nitrogens with zero attached hydrogens (tertiary/aromatic N) is 1. The van der Waals surface area contributed by atoms with E-state index in [0.29, 0.717) is 12.0 Å². The molecule has 5 heteroatoms. The van der Waals surface area contributed by atoms with E-state index in [9.17, 15) is 9.90 Å². The SMILES string of the molecule is CCC(CO)NC(C)(C(=O)O)c1cccnc1. The zero-order chi connectivity index (χ0) is 12.9. The molecule has 0 radical (unpaired) electrons. The largest absolute Gasteiger partial charge is 0.480 e. The second-order valence-corrected chi connectivity index (χ2v) is 4.10. The van der Waals surface area contributed by atoms with Gasteiger partial charge < -0.3 is 10.2 Å². The van der Waals surface area contributed by atoms with Gasteiger partial charge in [0.05, 0.1) is 6.61 Å². The van der Waals surface area contributed by atoms with Crippen molar-refractivity contribution in [2.24, 2.45) is 0 Å². The number of aliphatic hydroxyl groups is 1. The highest BCUT2D eigenvalue weighted by atomic mass is 16.4. The van der Waals surface area contributed by atoms with Crippen molar-refractivity contribution in [2.75, 3.05) is 6.61 Å². The monoisotopic (exact) mass is 238 g/mol. The van der Waals surface area contributed by atoms with Crippen molar-refractivity contribution in [1.82, 2.24) is 10.3 Å². The van der Waals surface area contributed by atoms with E-state index in [1.165, 1.54) is 6.20 Å². The Morgan fingerprint density at radius 3 is 2.76 bits per heavy atom. The van der Waals surface area contributed by atoms with Gasteiger partial charge in [0.15, 0.2) is 0 Å². The van der Waals surface area contributed by atoms with Gasteiger partial charge in [-0.15, -0.1) is 0 Å². The maximum Gasteiger partial charge on any atom is 0.328 e. The third kappa shape index (κ3) is 3.01. The van der Waals surface area contributed by atoms with Crippen LogP contribution in [0.4, 0.5) is 0 Å². The van der Waals surface area contributed by atoms with Crippen molar-refractivity contribution < 1.29 is 15.0 Å². The molecule has 1 heterocycles. The summed E-state index contributed by atoms with van der Waals surface area (Å²) in [4.78, 5) is 15.3. The number of carboxylic acids is 1. The molecule has 0 bridgehead atoms. The first kappa shape index (κ1) is 13.6. The summed E-state index contributed by atoms with van der Waals surface area (Å²) in [5.41, 5.74) is -0.670. The van der Waals surface area contributed by atoms with Crippen LogP contribution in [0.1, 0.15) is 25.8 Å². The van der Waals surface area contributed by atoms with Gasteiger partial charge in [0.1, 0.15) is 5.54 Å². The zero-order valence-corrected chi connectivity index (χ0v) is 10.1. The lowest BCUT2D eigenvalue weighted by molar-refractivity contribution is -0.145. The maximum absolute atomic E-state index is 11.4. The van der Waals surface area contributed by atoms with Crippen molar-refractivity contribution in [3.63, 3.8) is 0 Å². The van der Waals surface area contributed by atoms with Gasteiger partial charge in [-0.2, -0.15) is 0 Å². The summed E-state index contributed by atoms with van der Waals surface area (Å²) in [5, 5.41) is 21.5. The molecule has 1 rings (SSSR count). The highest BCUT2D eigenvalue weighted by Crippen LogP contribution is 2.21. The van der Waals surface area contributed by atoms with Gasteiger partial charge in [0.2, 0.25) is 0 Å². The van der Waals surface area contributed by atoms with E-state index in [2.05, 4.69) is 10.3 Å². The topological polar surface area (TPSA) is 82.5 Å². The molecule has 0 saturated carbocycles. The lowest BCUT2D eigenvalue weighted by Gasteiger charge is -2.30. The van der Waals surface area contributed by atoms with E-state index in [1.54, 1.807) is 25.3 Å². The van der Waals surface area contributed by atoms with Gasteiger partial charge in [0, 0.05) is 24.0 Å². The Bertz CT molecular complexity index is 365. The third-order valence-electron chi connectivity index (χ3n) is 2.87. The van der Waals surface area contributed by atoms with Gasteiger partial charge in [-0.3, -0.25) is 10.3 Å². The van der Waals surface area contributed by atoms with Crippen molar-refractivity contribution >= 4 is 5.97 Å². The molecular formula is C12H18N2O3. The number of aliphatic hydroxyl groups excluding tert-OH is 1. The molecule has 2 unspecified atom stereocenters. The van der Waals surface area contributed by atoms with E-state index in [0.717, 1.165) is 0 Å². The standard InChI is InChI=1S/C12H18N2O3/c1-3-10(8-15)14-12(2,11(16)17)9-5-4-6-13-7-9/h4-7,10,14-15H,3,8H2,1-2H3,(H,16,17). The lowest BCUT2D eigenvalue weighted by atomic mass is 9.92. The molecule has 0 aliphatic heterocycles. The summed E-state index contributed by atoms with van der Waals surface area (Å²) in [6.07, 6.45) is 3.76. The van der Waals surface area contributed by atoms with Crippen LogP contribution in [0.5, 0.6) is 0 Å². The average molecular weight is 238 g/mol. The molecule has 94 valence electrons. The van der Waals surface area contributed by atoms with Gasteiger partial charge in [-0.25, -0.2) is 4.79 Å². The number of aromatic nitrogens is 1. The van der Waals surface area contributed by atoms with E-state index < -0.39 is 11.5 Å². The second-order valence-electron chi connectivity index (χ2n) is 4.10. The minimum atomic E-state index is -1.24. The molecule has 2 atom stereocenters. The normalized spacial score (nSPS) is 16.2. The molecule has 0 amide bonds. The summed E-state index contributed by atoms with van der Waals surface area (Å²) in [6.45, 7) is 3.36. The quantitative estimate of drug-likeness (QED) is 0.681. The van der Waals surface area contributed by atoms with Gasteiger partial charge >= 0.3 is 5.97 Å².